The zero-order valence-corrected chi connectivity index (χ0v) is 24.5. The van der Waals surface area contributed by atoms with Crippen molar-refractivity contribution in [3.05, 3.63) is 42.0 Å². The minimum absolute atomic E-state index is 0.0740. The summed E-state index contributed by atoms with van der Waals surface area (Å²) in [7, 11) is 0. The number of fused-ring (bicyclic) bond motifs is 2. The molecule has 4 aromatic rings. The molecule has 0 saturated heterocycles. The van der Waals surface area contributed by atoms with Gasteiger partial charge in [-0.2, -0.15) is 0 Å². The molecule has 0 aliphatic carbocycles. The first-order valence-electron chi connectivity index (χ1n) is 13.6. The average molecular weight is 583 g/mol. The Kier molecular flexibility index (Phi) is 10.7. The van der Waals surface area contributed by atoms with Crippen LogP contribution in [0.3, 0.4) is 0 Å². The van der Waals surface area contributed by atoms with Crippen molar-refractivity contribution in [2.45, 2.75) is 66.3 Å². The van der Waals surface area contributed by atoms with Crippen LogP contribution in [0, 0.1) is 0 Å². The summed E-state index contributed by atoms with van der Waals surface area (Å²) < 4.78 is 15.5. The van der Waals surface area contributed by atoms with Gasteiger partial charge in [0.15, 0.2) is 28.2 Å². The summed E-state index contributed by atoms with van der Waals surface area (Å²) in [5, 5.41) is 13.9. The number of benzene rings is 1. The Hall–Kier alpha value is -4.88. The highest BCUT2D eigenvalue weighted by atomic mass is 16.6. The molecule has 3 heterocycles. The van der Waals surface area contributed by atoms with Crippen molar-refractivity contribution >= 4 is 46.5 Å². The molecule has 0 spiro atoms. The SMILES string of the molecule is CCn1c(CNC(=O)c2nc3cc[nH]c3nc2N)[n+](CC)c2ccc(OCCCNC(=O)OC(C)(C)C)cc21.O=C[O-]. The molecule has 14 nitrogen and oxygen atoms in total. The first-order valence-corrected chi connectivity index (χ1v) is 13.6. The largest absolute Gasteiger partial charge is 0.554 e. The molecule has 5 N–H and O–H groups in total. The lowest BCUT2D eigenvalue weighted by Crippen LogP contribution is -2.40. The van der Waals surface area contributed by atoms with Crippen molar-refractivity contribution in [2.75, 3.05) is 18.9 Å². The van der Waals surface area contributed by atoms with Crippen molar-refractivity contribution in [3.63, 3.8) is 0 Å². The number of alkyl carbamates (subject to hydrolysis) is 1. The Bertz CT molecular complexity index is 1540. The number of hydrogen-bond donors (Lipinski definition) is 4. The van der Waals surface area contributed by atoms with Gasteiger partial charge in [0.25, 0.3) is 11.7 Å². The van der Waals surface area contributed by atoms with E-state index < -0.39 is 18.2 Å². The number of nitrogens with zero attached hydrogens (tertiary/aromatic N) is 4. The summed E-state index contributed by atoms with van der Waals surface area (Å²) in [6.07, 6.45) is 1.90. The van der Waals surface area contributed by atoms with Gasteiger partial charge < -0.3 is 40.7 Å². The van der Waals surface area contributed by atoms with Crippen LogP contribution in [0.15, 0.2) is 30.5 Å². The summed E-state index contributed by atoms with van der Waals surface area (Å²) in [5.74, 6) is 1.36. The van der Waals surface area contributed by atoms with E-state index in [0.29, 0.717) is 37.3 Å². The number of nitrogen functional groups attached to an aromatic ring is 1. The molecule has 0 atom stereocenters. The quantitative estimate of drug-likeness (QED) is 0.121. The molecule has 3 aromatic heterocycles. The maximum Gasteiger partial charge on any atom is 0.407 e. The molecule has 4 rings (SSSR count). The first kappa shape index (κ1) is 31.6. The number of carbonyl (C=O) groups is 3. The second-order valence-corrected chi connectivity index (χ2v) is 10.1. The first-order chi connectivity index (χ1) is 20.0. The summed E-state index contributed by atoms with van der Waals surface area (Å²) >= 11 is 0. The number of hydrogen-bond acceptors (Lipinski definition) is 9. The van der Waals surface area contributed by atoms with Gasteiger partial charge in [0, 0.05) is 25.3 Å². The van der Waals surface area contributed by atoms with E-state index in [0.717, 1.165) is 29.2 Å². The average Bonchev–Trinajstić information content (AvgIpc) is 3.50. The van der Waals surface area contributed by atoms with Crippen LogP contribution >= 0.6 is 0 Å². The number of aryl methyl sites for hydroxylation is 2. The van der Waals surface area contributed by atoms with E-state index in [1.54, 1.807) is 12.3 Å². The van der Waals surface area contributed by atoms with Crippen LogP contribution in [-0.4, -0.2) is 56.7 Å². The number of amides is 2. The van der Waals surface area contributed by atoms with E-state index in [1.807, 2.05) is 39.0 Å². The monoisotopic (exact) mass is 582 g/mol. The van der Waals surface area contributed by atoms with Gasteiger partial charge in [-0.05, 0) is 59.2 Å². The van der Waals surface area contributed by atoms with E-state index in [-0.39, 0.29) is 24.0 Å². The van der Waals surface area contributed by atoms with Crippen molar-refractivity contribution in [1.29, 1.82) is 0 Å². The van der Waals surface area contributed by atoms with E-state index in [1.165, 1.54) is 0 Å². The van der Waals surface area contributed by atoms with Gasteiger partial charge in [0.2, 0.25) is 0 Å². The van der Waals surface area contributed by atoms with Crippen molar-refractivity contribution < 1.29 is 33.5 Å². The van der Waals surface area contributed by atoms with E-state index in [2.05, 4.69) is 48.6 Å². The normalized spacial score (nSPS) is 11.1. The fourth-order valence-electron chi connectivity index (χ4n) is 4.42. The Morgan fingerprint density at radius 1 is 1.19 bits per heavy atom. The highest BCUT2D eigenvalue weighted by Gasteiger charge is 2.25. The van der Waals surface area contributed by atoms with Gasteiger partial charge >= 0.3 is 6.09 Å². The standard InChI is InChI=1S/C27H36N8O4.CH2O2/c1-6-34-19-10-9-17(38-14-8-12-30-26(37)39-27(3,4)5)15-20(19)35(7-2)21(34)16-31-25(36)22-23(28)33-24-18(32-22)11-13-29-24;2-1-3/h9-11,13,15H,6-8,12,14,16H2,1-5H3,(H4-,28,29,30,31,32,33,36,37);1H,(H,2,3). The van der Waals surface area contributed by atoms with Gasteiger partial charge in [-0.15, -0.1) is 0 Å². The molecule has 0 radical (unpaired) electrons. The van der Waals surface area contributed by atoms with Crippen LogP contribution in [0.2, 0.25) is 0 Å². The number of aromatic amines is 1. The zero-order valence-electron chi connectivity index (χ0n) is 24.5. The molecule has 0 fully saturated rings. The number of nitrogens with two attached hydrogens (primary N) is 1. The number of carbonyl (C=O) groups excluding carboxylic acids is 3. The second kappa shape index (κ2) is 14.1. The molecule has 0 bridgehead atoms. The lowest BCUT2D eigenvalue weighted by molar-refractivity contribution is -0.676. The van der Waals surface area contributed by atoms with Crippen LogP contribution < -0.4 is 30.8 Å². The van der Waals surface area contributed by atoms with E-state index in [4.69, 9.17) is 25.1 Å². The van der Waals surface area contributed by atoms with Gasteiger partial charge in [-0.3, -0.25) is 4.79 Å². The van der Waals surface area contributed by atoms with Gasteiger partial charge in [0.05, 0.1) is 19.7 Å². The zero-order chi connectivity index (χ0) is 30.9. The van der Waals surface area contributed by atoms with Gasteiger partial charge in [-0.1, -0.05) is 0 Å². The van der Waals surface area contributed by atoms with Crippen LogP contribution in [-0.2, 0) is 29.2 Å². The van der Waals surface area contributed by atoms with Gasteiger partial charge in [0.1, 0.15) is 23.4 Å². The Balaban J connectivity index is 0.00000155. The number of rotatable bonds is 10. The van der Waals surface area contributed by atoms with E-state index in [9.17, 15) is 9.59 Å². The second-order valence-electron chi connectivity index (χ2n) is 10.1. The fourth-order valence-corrected chi connectivity index (χ4v) is 4.42. The molecular formula is C28H38N8O6. The highest BCUT2D eigenvalue weighted by Crippen LogP contribution is 2.22. The molecule has 14 heteroatoms. The van der Waals surface area contributed by atoms with Crippen molar-refractivity contribution in [2.24, 2.45) is 0 Å². The van der Waals surface area contributed by atoms with Crippen molar-refractivity contribution in [1.82, 2.24) is 30.2 Å². The Morgan fingerprint density at radius 3 is 2.60 bits per heavy atom. The van der Waals surface area contributed by atoms with Crippen LogP contribution in [0.25, 0.3) is 22.2 Å². The predicted molar refractivity (Wildman–Crippen MR) is 153 cm³/mol. The van der Waals surface area contributed by atoms with Crippen molar-refractivity contribution in [3.8, 4) is 5.75 Å². The molecule has 0 unspecified atom stereocenters. The van der Waals surface area contributed by atoms with Gasteiger partial charge in [-0.25, -0.2) is 23.9 Å². The Morgan fingerprint density at radius 2 is 1.93 bits per heavy atom. The number of ether oxygens (including phenoxy) is 2. The third-order valence-corrected chi connectivity index (χ3v) is 6.08. The molecule has 1 aromatic carbocycles. The number of aromatic nitrogens is 5. The number of imidazole rings is 1. The molecule has 42 heavy (non-hydrogen) atoms. The Labute approximate surface area is 243 Å². The minimum atomic E-state index is -0.528. The molecule has 2 amide bonds. The minimum Gasteiger partial charge on any atom is -0.554 e. The molecule has 0 aliphatic heterocycles. The number of H-pyrrole nitrogens is 1. The smallest absolute Gasteiger partial charge is 0.407 e. The summed E-state index contributed by atoms with van der Waals surface area (Å²) in [6, 6.07) is 7.70. The number of carboxylic acid groups (broad SMARTS) is 1. The maximum atomic E-state index is 13.0. The summed E-state index contributed by atoms with van der Waals surface area (Å²) in [5.41, 5.74) is 8.72. The number of nitrogens with one attached hydrogen (secondary N) is 3. The van der Waals surface area contributed by atoms with E-state index >= 15 is 0 Å². The number of anilines is 1. The molecule has 0 saturated carbocycles. The fraction of sp³-hybridized carbons (Fsp3) is 0.429. The third kappa shape index (κ3) is 7.86. The van der Waals surface area contributed by atoms with Crippen LogP contribution in [0.1, 0.15) is 57.4 Å². The molecule has 226 valence electrons. The molecule has 0 aliphatic rings. The lowest BCUT2D eigenvalue weighted by atomic mass is 10.2. The van der Waals surface area contributed by atoms with Crippen LogP contribution in [0.5, 0.6) is 5.75 Å². The highest BCUT2D eigenvalue weighted by molar-refractivity contribution is 5.98. The summed E-state index contributed by atoms with van der Waals surface area (Å²) in [6.45, 7) is 11.7. The summed E-state index contributed by atoms with van der Waals surface area (Å²) in [4.78, 5) is 44.5. The third-order valence-electron chi connectivity index (χ3n) is 6.08. The topological polar surface area (TPSA) is 193 Å². The van der Waals surface area contributed by atoms with Crippen LogP contribution in [0.4, 0.5) is 10.6 Å². The molecular weight excluding hydrogens is 544 g/mol. The lowest BCUT2D eigenvalue weighted by Gasteiger charge is -2.19. The predicted octanol–water partition coefficient (Wildman–Crippen LogP) is 1.41. The maximum absolute atomic E-state index is 13.0.